The van der Waals surface area contributed by atoms with Gasteiger partial charge >= 0.3 is 0 Å². The van der Waals surface area contributed by atoms with Gasteiger partial charge < -0.3 is 0 Å². The SMILES string of the molecule is CCCCCCCCC(C=Nc1cc(CCCC)cc(CCCC)c1)=Nc1cc(CCCC)cc(CCCC)c1.[Ni]. The molecule has 0 spiro atoms. The van der Waals surface area contributed by atoms with Crippen molar-refractivity contribution in [2.75, 3.05) is 0 Å². The largest absolute Gasteiger partial charge is 0.255 e. The van der Waals surface area contributed by atoms with Crippen LogP contribution in [0.15, 0.2) is 46.4 Å². The molecule has 0 radical (unpaired) electrons. The van der Waals surface area contributed by atoms with Crippen molar-refractivity contribution in [3.63, 3.8) is 0 Å². The molecule has 41 heavy (non-hydrogen) atoms. The standard InChI is InChI=1S/C38H60N2.Ni/c1-6-11-16-17-18-19-24-36(40-38-29-34(22-14-9-4)26-35(30-38)23-15-10-5)31-39-37-27-32(20-12-7-2)25-33(28-37)21-13-8-3;/h25-31H,6-24H2,1-5H3;. The molecule has 0 aliphatic carbocycles. The molecule has 2 aromatic rings. The molecule has 2 aromatic carbocycles. The molecule has 232 valence electrons. The number of rotatable bonds is 22. The van der Waals surface area contributed by atoms with Gasteiger partial charge in [0.25, 0.3) is 0 Å². The van der Waals surface area contributed by atoms with E-state index < -0.39 is 0 Å². The van der Waals surface area contributed by atoms with Gasteiger partial charge in [-0.25, -0.2) is 0 Å². The van der Waals surface area contributed by atoms with Crippen LogP contribution in [0.25, 0.3) is 0 Å². The monoisotopic (exact) mass is 602 g/mol. The van der Waals surface area contributed by atoms with Crippen LogP contribution in [0, 0.1) is 0 Å². The summed E-state index contributed by atoms with van der Waals surface area (Å²) < 4.78 is 0. The molecule has 2 rings (SSSR count). The Morgan fingerprint density at radius 1 is 0.488 bits per heavy atom. The average molecular weight is 604 g/mol. The first kappa shape index (κ1) is 37.3. The van der Waals surface area contributed by atoms with E-state index in [-0.39, 0.29) is 16.5 Å². The van der Waals surface area contributed by atoms with Crippen LogP contribution < -0.4 is 0 Å². The zero-order chi connectivity index (χ0) is 28.8. The molecule has 0 aliphatic rings. The summed E-state index contributed by atoms with van der Waals surface area (Å²) in [5, 5.41) is 0. The Morgan fingerprint density at radius 2 is 0.878 bits per heavy atom. The first-order valence-corrected chi connectivity index (χ1v) is 17.0. The van der Waals surface area contributed by atoms with E-state index in [0.717, 1.165) is 49.2 Å². The summed E-state index contributed by atoms with van der Waals surface area (Å²) in [6, 6.07) is 14.1. The summed E-state index contributed by atoms with van der Waals surface area (Å²) in [5.41, 5.74) is 9.08. The predicted octanol–water partition coefficient (Wildman–Crippen LogP) is 12.3. The molecule has 0 fully saturated rings. The molecule has 0 bridgehead atoms. The maximum Gasteiger partial charge on any atom is 0.0639 e. The minimum Gasteiger partial charge on any atom is -0.255 e. The van der Waals surface area contributed by atoms with Crippen molar-refractivity contribution in [3.8, 4) is 0 Å². The third-order valence-electron chi connectivity index (χ3n) is 7.77. The van der Waals surface area contributed by atoms with Crippen LogP contribution in [0.4, 0.5) is 11.4 Å². The van der Waals surface area contributed by atoms with E-state index in [9.17, 15) is 0 Å². The first-order valence-electron chi connectivity index (χ1n) is 17.0. The van der Waals surface area contributed by atoms with Crippen LogP contribution in [-0.2, 0) is 42.2 Å². The molecule has 0 heterocycles. The second kappa shape index (κ2) is 23.8. The minimum atomic E-state index is 0. The predicted molar refractivity (Wildman–Crippen MR) is 181 cm³/mol. The summed E-state index contributed by atoms with van der Waals surface area (Å²) in [5.74, 6) is 0. The third kappa shape index (κ3) is 16.5. The van der Waals surface area contributed by atoms with Crippen LogP contribution in [0.5, 0.6) is 0 Å². The number of nitrogens with zero attached hydrogens (tertiary/aromatic N) is 2. The molecule has 0 saturated carbocycles. The Balaban J connectivity index is 0.00000840. The quantitative estimate of drug-likeness (QED) is 0.0727. The summed E-state index contributed by atoms with van der Waals surface area (Å²) in [6.07, 6.45) is 25.3. The number of benzene rings is 2. The zero-order valence-corrected chi connectivity index (χ0v) is 28.2. The van der Waals surface area contributed by atoms with Crippen LogP contribution in [0.3, 0.4) is 0 Å². The summed E-state index contributed by atoms with van der Waals surface area (Å²) in [6.45, 7) is 11.4. The van der Waals surface area contributed by atoms with Gasteiger partial charge in [0.1, 0.15) is 0 Å². The van der Waals surface area contributed by atoms with Gasteiger partial charge in [-0.3, -0.25) is 9.98 Å². The fraction of sp³-hybridized carbons (Fsp3) is 0.632. The van der Waals surface area contributed by atoms with Crippen LogP contribution in [-0.4, -0.2) is 11.9 Å². The Kier molecular flexibility index (Phi) is 21.6. The average Bonchev–Trinajstić information content (AvgIpc) is 2.97. The van der Waals surface area contributed by atoms with Gasteiger partial charge in [-0.05, 0) is 111 Å². The second-order valence-corrected chi connectivity index (χ2v) is 11.8. The van der Waals surface area contributed by atoms with Gasteiger partial charge in [-0.1, -0.05) is 105 Å². The van der Waals surface area contributed by atoms with Crippen molar-refractivity contribution < 1.29 is 16.5 Å². The van der Waals surface area contributed by atoms with Gasteiger partial charge in [0.05, 0.1) is 17.1 Å². The molecule has 3 heteroatoms. The molecule has 0 saturated heterocycles. The molecular formula is C38H60N2Ni. The number of aliphatic imine (C=N–C) groups is 2. The Morgan fingerprint density at radius 3 is 1.32 bits per heavy atom. The third-order valence-corrected chi connectivity index (χ3v) is 7.77. The van der Waals surface area contributed by atoms with E-state index in [1.807, 2.05) is 0 Å². The molecule has 0 amide bonds. The van der Waals surface area contributed by atoms with E-state index in [1.54, 1.807) is 0 Å². The van der Waals surface area contributed by atoms with Crippen molar-refractivity contribution >= 4 is 23.3 Å². The van der Waals surface area contributed by atoms with Gasteiger partial charge in [0.2, 0.25) is 0 Å². The Hall–Kier alpha value is -1.73. The smallest absolute Gasteiger partial charge is 0.0639 e. The summed E-state index contributed by atoms with van der Waals surface area (Å²) >= 11 is 0. The van der Waals surface area contributed by atoms with Crippen molar-refractivity contribution in [3.05, 3.63) is 58.7 Å². The molecule has 2 nitrogen and oxygen atoms in total. The normalized spacial score (nSPS) is 11.8. The summed E-state index contributed by atoms with van der Waals surface area (Å²) in [4.78, 5) is 10.3. The van der Waals surface area contributed by atoms with Crippen molar-refractivity contribution in [1.29, 1.82) is 0 Å². The fourth-order valence-electron chi connectivity index (χ4n) is 5.28. The van der Waals surface area contributed by atoms with Gasteiger partial charge in [0, 0.05) is 22.7 Å². The van der Waals surface area contributed by atoms with E-state index in [4.69, 9.17) is 9.98 Å². The number of unbranched alkanes of at least 4 members (excludes halogenated alkanes) is 9. The molecule has 0 aromatic heterocycles. The maximum atomic E-state index is 5.26. The minimum absolute atomic E-state index is 0. The van der Waals surface area contributed by atoms with Crippen LogP contribution >= 0.6 is 0 Å². The van der Waals surface area contributed by atoms with Crippen molar-refractivity contribution in [1.82, 2.24) is 0 Å². The van der Waals surface area contributed by atoms with Crippen LogP contribution in [0.2, 0.25) is 0 Å². The van der Waals surface area contributed by atoms with Crippen molar-refractivity contribution in [2.45, 2.75) is 157 Å². The molecular weight excluding hydrogens is 543 g/mol. The van der Waals surface area contributed by atoms with E-state index in [0.29, 0.717) is 0 Å². The zero-order valence-electron chi connectivity index (χ0n) is 27.2. The molecule has 0 atom stereocenters. The molecule has 0 N–H and O–H groups in total. The van der Waals surface area contributed by atoms with Gasteiger partial charge in [-0.15, -0.1) is 0 Å². The van der Waals surface area contributed by atoms with Gasteiger partial charge in [-0.2, -0.15) is 0 Å². The second-order valence-electron chi connectivity index (χ2n) is 11.8. The maximum absolute atomic E-state index is 5.26. The van der Waals surface area contributed by atoms with E-state index in [1.165, 1.54) is 112 Å². The van der Waals surface area contributed by atoms with Gasteiger partial charge in [0.15, 0.2) is 0 Å². The Labute approximate surface area is 264 Å². The first-order chi connectivity index (χ1) is 19.6. The summed E-state index contributed by atoms with van der Waals surface area (Å²) in [7, 11) is 0. The number of hydrogen-bond donors (Lipinski definition) is 0. The fourth-order valence-corrected chi connectivity index (χ4v) is 5.28. The topological polar surface area (TPSA) is 24.7 Å². The van der Waals surface area contributed by atoms with Crippen LogP contribution in [0.1, 0.15) is 153 Å². The molecule has 0 unspecified atom stereocenters. The molecule has 0 aliphatic heterocycles. The van der Waals surface area contributed by atoms with E-state index in [2.05, 4.69) is 77.2 Å². The number of aryl methyl sites for hydroxylation is 4. The Bertz CT molecular complexity index is 955. The number of hydrogen-bond acceptors (Lipinski definition) is 2. The van der Waals surface area contributed by atoms with Crippen molar-refractivity contribution in [2.24, 2.45) is 9.98 Å². The van der Waals surface area contributed by atoms with E-state index >= 15 is 0 Å².